The fourth-order valence-electron chi connectivity index (χ4n) is 4.34. The van der Waals surface area contributed by atoms with Gasteiger partial charge in [-0.2, -0.15) is 0 Å². The highest BCUT2D eigenvalue weighted by molar-refractivity contribution is 7.99. The summed E-state index contributed by atoms with van der Waals surface area (Å²) in [5.41, 5.74) is 2.27. The Morgan fingerprint density at radius 3 is 2.76 bits per heavy atom. The zero-order valence-electron chi connectivity index (χ0n) is 18.7. The van der Waals surface area contributed by atoms with Crippen molar-refractivity contribution >= 4 is 39.2 Å². The van der Waals surface area contributed by atoms with E-state index in [1.165, 1.54) is 22.0 Å². The van der Waals surface area contributed by atoms with Crippen LogP contribution >= 0.6 is 23.1 Å². The fraction of sp³-hybridized carbons (Fsp3) is 0.360. The van der Waals surface area contributed by atoms with Crippen LogP contribution in [0.5, 0.6) is 0 Å². The molecule has 0 spiro atoms. The van der Waals surface area contributed by atoms with Gasteiger partial charge in [0.15, 0.2) is 5.16 Å². The summed E-state index contributed by atoms with van der Waals surface area (Å²) in [4.78, 5) is 19.9. The molecule has 4 aromatic rings. The second-order valence-corrected chi connectivity index (χ2v) is 10.3. The molecule has 0 N–H and O–H groups in total. The molecule has 1 atom stereocenters. The number of hydrogen-bond acceptors (Lipinski definition) is 6. The monoisotopic (exact) mass is 477 g/mol. The number of hydrogen-bond donors (Lipinski definition) is 0. The third-order valence-electron chi connectivity index (χ3n) is 6.07. The van der Waals surface area contributed by atoms with E-state index in [0.29, 0.717) is 11.7 Å². The van der Waals surface area contributed by atoms with Crippen LogP contribution in [0.4, 0.5) is 0 Å². The summed E-state index contributed by atoms with van der Waals surface area (Å²) in [5, 5.41) is 10.8. The number of para-hydroxylation sites is 1. The molecule has 1 aliphatic heterocycles. The number of thiazole rings is 1. The number of benzene rings is 2. The maximum Gasteiger partial charge on any atom is 0.233 e. The number of carbonyl (C=O) groups is 1. The Balaban J connectivity index is 1.22. The van der Waals surface area contributed by atoms with Crippen LogP contribution < -0.4 is 0 Å². The van der Waals surface area contributed by atoms with Gasteiger partial charge in [-0.05, 0) is 37.5 Å². The van der Waals surface area contributed by atoms with Crippen molar-refractivity contribution in [3.05, 3.63) is 71.0 Å². The molecule has 1 aliphatic rings. The molecule has 1 amide bonds. The number of nitrogens with zero attached hydrogens (tertiary/aromatic N) is 5. The van der Waals surface area contributed by atoms with Gasteiger partial charge in [-0.25, -0.2) is 4.98 Å². The molecule has 3 heterocycles. The first kappa shape index (κ1) is 22.1. The smallest absolute Gasteiger partial charge is 0.233 e. The van der Waals surface area contributed by atoms with E-state index >= 15 is 0 Å². The number of aromatic nitrogens is 4. The predicted octanol–water partition coefficient (Wildman–Crippen LogP) is 5.00. The van der Waals surface area contributed by atoms with Crippen LogP contribution in [0, 0.1) is 0 Å². The molecular weight excluding hydrogens is 450 g/mol. The molecule has 0 saturated carbocycles. The van der Waals surface area contributed by atoms with Crippen molar-refractivity contribution in [2.75, 3.05) is 18.8 Å². The largest absolute Gasteiger partial charge is 0.341 e. The van der Waals surface area contributed by atoms with Gasteiger partial charge < -0.3 is 9.47 Å². The van der Waals surface area contributed by atoms with Crippen molar-refractivity contribution in [2.45, 2.75) is 43.8 Å². The van der Waals surface area contributed by atoms with Crippen LogP contribution in [0.25, 0.3) is 10.2 Å². The number of amides is 1. The predicted molar refractivity (Wildman–Crippen MR) is 134 cm³/mol. The molecule has 2 aromatic carbocycles. The number of piperidine rings is 1. The van der Waals surface area contributed by atoms with Crippen molar-refractivity contribution in [3.63, 3.8) is 0 Å². The minimum absolute atomic E-state index is 0.168. The minimum atomic E-state index is 0.168. The molecule has 0 aliphatic carbocycles. The fourth-order valence-corrected chi connectivity index (χ4v) is 6.36. The lowest BCUT2D eigenvalue weighted by Crippen LogP contribution is -2.40. The summed E-state index contributed by atoms with van der Waals surface area (Å²) < 4.78 is 3.34. The van der Waals surface area contributed by atoms with Gasteiger partial charge in [0.25, 0.3) is 0 Å². The first-order valence-electron chi connectivity index (χ1n) is 11.4. The van der Waals surface area contributed by atoms with Gasteiger partial charge in [0.1, 0.15) is 5.82 Å². The van der Waals surface area contributed by atoms with E-state index in [4.69, 9.17) is 4.98 Å². The number of carbonyl (C=O) groups excluding carboxylic acids is 1. The van der Waals surface area contributed by atoms with Gasteiger partial charge in [0, 0.05) is 32.0 Å². The van der Waals surface area contributed by atoms with Crippen molar-refractivity contribution in [3.8, 4) is 0 Å². The highest BCUT2D eigenvalue weighted by Gasteiger charge is 2.27. The number of fused-ring (bicyclic) bond motifs is 1. The van der Waals surface area contributed by atoms with E-state index in [-0.39, 0.29) is 5.91 Å². The Kier molecular flexibility index (Phi) is 6.73. The molecule has 0 radical (unpaired) electrons. The zero-order chi connectivity index (χ0) is 22.6. The number of thioether (sulfide) groups is 1. The van der Waals surface area contributed by atoms with E-state index in [0.717, 1.165) is 60.4 Å². The summed E-state index contributed by atoms with van der Waals surface area (Å²) in [6.07, 6.45) is 2.85. The van der Waals surface area contributed by atoms with Gasteiger partial charge >= 0.3 is 0 Å². The third kappa shape index (κ3) is 4.96. The van der Waals surface area contributed by atoms with E-state index in [2.05, 4.69) is 52.0 Å². The Bertz CT molecular complexity index is 1200. The molecular formula is C25H27N5OS2. The highest BCUT2D eigenvalue weighted by Crippen LogP contribution is 2.33. The molecule has 2 aromatic heterocycles. The van der Waals surface area contributed by atoms with E-state index < -0.39 is 0 Å². The first-order chi connectivity index (χ1) is 16.2. The molecule has 1 fully saturated rings. The number of likely N-dealkylation sites (tertiary alicyclic amines) is 1. The van der Waals surface area contributed by atoms with Crippen LogP contribution in [0.1, 0.15) is 42.1 Å². The third-order valence-corrected chi connectivity index (χ3v) is 8.22. The quantitative estimate of drug-likeness (QED) is 0.351. The van der Waals surface area contributed by atoms with E-state index in [1.807, 2.05) is 29.2 Å². The summed E-state index contributed by atoms with van der Waals surface area (Å²) in [7, 11) is 0. The SMILES string of the molecule is CCn1c(Cc2ccccc2)nnc1SCC(=O)N1CCCC(c2nc3ccccc3s2)C1. The summed E-state index contributed by atoms with van der Waals surface area (Å²) in [6, 6.07) is 18.6. The van der Waals surface area contributed by atoms with Gasteiger partial charge in [-0.3, -0.25) is 4.79 Å². The molecule has 5 rings (SSSR count). The lowest BCUT2D eigenvalue weighted by Gasteiger charge is -2.31. The van der Waals surface area contributed by atoms with Crippen molar-refractivity contribution in [2.24, 2.45) is 0 Å². The second kappa shape index (κ2) is 10.1. The molecule has 33 heavy (non-hydrogen) atoms. The zero-order valence-corrected chi connectivity index (χ0v) is 20.3. The Morgan fingerprint density at radius 1 is 1.12 bits per heavy atom. The minimum Gasteiger partial charge on any atom is -0.341 e. The van der Waals surface area contributed by atoms with E-state index in [9.17, 15) is 4.79 Å². The first-order valence-corrected chi connectivity index (χ1v) is 13.2. The van der Waals surface area contributed by atoms with Crippen molar-refractivity contribution in [1.82, 2.24) is 24.6 Å². The normalized spacial score (nSPS) is 16.4. The summed E-state index contributed by atoms with van der Waals surface area (Å²) in [6.45, 7) is 4.45. The molecule has 1 saturated heterocycles. The molecule has 6 nitrogen and oxygen atoms in total. The topological polar surface area (TPSA) is 63.9 Å². The summed E-state index contributed by atoms with van der Waals surface area (Å²) >= 11 is 3.25. The maximum absolute atomic E-state index is 13.0. The Labute approximate surface area is 202 Å². The highest BCUT2D eigenvalue weighted by atomic mass is 32.2. The Hall–Kier alpha value is -2.71. The van der Waals surface area contributed by atoms with Crippen LogP contribution in [0.3, 0.4) is 0 Å². The van der Waals surface area contributed by atoms with Crippen LogP contribution in [-0.2, 0) is 17.8 Å². The van der Waals surface area contributed by atoms with Gasteiger partial charge in [0.05, 0.1) is 21.0 Å². The van der Waals surface area contributed by atoms with Crippen molar-refractivity contribution < 1.29 is 4.79 Å². The van der Waals surface area contributed by atoms with Gasteiger partial charge in [0.2, 0.25) is 5.91 Å². The lowest BCUT2D eigenvalue weighted by atomic mass is 9.99. The average Bonchev–Trinajstić information content (AvgIpc) is 3.47. The van der Waals surface area contributed by atoms with Crippen LogP contribution in [-0.4, -0.2) is 49.4 Å². The van der Waals surface area contributed by atoms with Gasteiger partial charge in [-0.15, -0.1) is 21.5 Å². The molecule has 1 unspecified atom stereocenters. The van der Waals surface area contributed by atoms with Gasteiger partial charge in [-0.1, -0.05) is 54.2 Å². The van der Waals surface area contributed by atoms with E-state index in [1.54, 1.807) is 11.3 Å². The molecule has 170 valence electrons. The molecule has 8 heteroatoms. The summed E-state index contributed by atoms with van der Waals surface area (Å²) in [5.74, 6) is 1.81. The Morgan fingerprint density at radius 2 is 1.94 bits per heavy atom. The second-order valence-electron chi connectivity index (χ2n) is 8.29. The number of rotatable bonds is 7. The van der Waals surface area contributed by atoms with Crippen LogP contribution in [0.15, 0.2) is 59.8 Å². The van der Waals surface area contributed by atoms with Crippen LogP contribution in [0.2, 0.25) is 0 Å². The standard InChI is InChI=1S/C25H27N5OS2/c1-2-30-22(15-18-9-4-3-5-10-18)27-28-25(30)32-17-23(31)29-14-8-11-19(16-29)24-26-20-12-6-7-13-21(20)33-24/h3-7,9-10,12-13,19H,2,8,11,14-17H2,1H3. The lowest BCUT2D eigenvalue weighted by molar-refractivity contribution is -0.129. The average molecular weight is 478 g/mol. The molecule has 0 bridgehead atoms. The van der Waals surface area contributed by atoms with Crippen molar-refractivity contribution in [1.29, 1.82) is 0 Å². The maximum atomic E-state index is 13.0.